The highest BCUT2D eigenvalue weighted by Gasteiger charge is 2.35. The van der Waals surface area contributed by atoms with Crippen LogP contribution in [0.4, 0.5) is 11.5 Å². The van der Waals surface area contributed by atoms with Crippen LogP contribution in [0.15, 0.2) is 76.4 Å². The van der Waals surface area contributed by atoms with E-state index in [4.69, 9.17) is 4.74 Å². The van der Waals surface area contributed by atoms with E-state index in [9.17, 15) is 9.90 Å². The number of aromatic nitrogens is 2. The van der Waals surface area contributed by atoms with Gasteiger partial charge in [-0.15, -0.1) is 0 Å². The van der Waals surface area contributed by atoms with Gasteiger partial charge in [-0.2, -0.15) is 0 Å². The van der Waals surface area contributed by atoms with Crippen LogP contribution in [0.1, 0.15) is 34.1 Å². The number of methoxy groups -OCH3 is 1. The van der Waals surface area contributed by atoms with E-state index in [-0.39, 0.29) is 5.91 Å². The van der Waals surface area contributed by atoms with Gasteiger partial charge < -0.3 is 14.7 Å². The van der Waals surface area contributed by atoms with Crippen molar-refractivity contribution in [3.63, 3.8) is 0 Å². The van der Waals surface area contributed by atoms with Crippen LogP contribution in [0, 0.1) is 0 Å². The van der Waals surface area contributed by atoms with Crippen LogP contribution in [0.3, 0.4) is 0 Å². The second-order valence-electron chi connectivity index (χ2n) is 9.19. The first kappa shape index (κ1) is 23.2. The first-order valence-corrected chi connectivity index (χ1v) is 12.8. The van der Waals surface area contributed by atoms with Gasteiger partial charge in [0.1, 0.15) is 11.8 Å². The first-order chi connectivity index (χ1) is 17.6. The third-order valence-electron chi connectivity index (χ3n) is 6.79. The SMILES string of the molecule is COCN1c2cc(CN3CCC=C(CN4C(=O)c5ccccc5C4O)C3)ccc2Sc2nccnc21. The Morgan fingerprint density at radius 2 is 2.00 bits per heavy atom. The highest BCUT2D eigenvalue weighted by Crippen LogP contribution is 2.46. The molecule has 1 amide bonds. The molecule has 8 nitrogen and oxygen atoms in total. The average molecular weight is 502 g/mol. The molecule has 2 aromatic carbocycles. The van der Waals surface area contributed by atoms with Crippen molar-refractivity contribution in [2.24, 2.45) is 0 Å². The van der Waals surface area contributed by atoms with Crippen LogP contribution >= 0.6 is 11.8 Å². The van der Waals surface area contributed by atoms with Crippen molar-refractivity contribution < 1.29 is 14.6 Å². The minimum Gasteiger partial charge on any atom is -0.369 e. The summed E-state index contributed by atoms with van der Waals surface area (Å²) < 4.78 is 5.48. The van der Waals surface area contributed by atoms with Crippen molar-refractivity contribution in [2.45, 2.75) is 29.1 Å². The highest BCUT2D eigenvalue weighted by atomic mass is 32.2. The van der Waals surface area contributed by atoms with Gasteiger partial charge in [-0.05, 0) is 35.8 Å². The average Bonchev–Trinajstić information content (AvgIpc) is 3.14. The Morgan fingerprint density at radius 1 is 1.14 bits per heavy atom. The standard InChI is InChI=1S/C27H27N5O3S/c1-35-17-32-22-13-18(8-9-23(22)36-25-24(32)28-10-11-29-25)14-30-12-4-5-19(15-30)16-31-26(33)20-6-2-3-7-21(20)27(31)34/h2-3,5-11,13,26,33H,4,12,14-17H2,1H3. The van der Waals surface area contributed by atoms with E-state index in [2.05, 4.69) is 44.0 Å². The van der Waals surface area contributed by atoms with Crippen LogP contribution in [0.5, 0.6) is 0 Å². The molecule has 0 bridgehead atoms. The van der Waals surface area contributed by atoms with Gasteiger partial charge in [-0.3, -0.25) is 14.6 Å². The minimum absolute atomic E-state index is 0.107. The summed E-state index contributed by atoms with van der Waals surface area (Å²) in [5.41, 5.74) is 4.71. The Hall–Kier alpha value is -3.24. The van der Waals surface area contributed by atoms with E-state index in [1.54, 1.807) is 42.2 Å². The lowest BCUT2D eigenvalue weighted by Crippen LogP contribution is -2.36. The highest BCUT2D eigenvalue weighted by molar-refractivity contribution is 7.99. The number of carbonyl (C=O) groups is 1. The molecule has 1 atom stereocenters. The zero-order chi connectivity index (χ0) is 24.6. The van der Waals surface area contributed by atoms with Gasteiger partial charge in [0.05, 0.1) is 5.69 Å². The Morgan fingerprint density at radius 3 is 2.86 bits per heavy atom. The number of fused-ring (bicyclic) bond motifs is 3. The summed E-state index contributed by atoms with van der Waals surface area (Å²) in [6, 6.07) is 13.8. The number of benzene rings is 2. The number of hydrogen-bond acceptors (Lipinski definition) is 8. The van der Waals surface area contributed by atoms with Gasteiger partial charge in [0.15, 0.2) is 12.0 Å². The van der Waals surface area contributed by atoms with Crippen LogP contribution in [-0.4, -0.2) is 64.3 Å². The van der Waals surface area contributed by atoms with Crippen LogP contribution < -0.4 is 4.90 Å². The van der Waals surface area contributed by atoms with Crippen LogP contribution in [-0.2, 0) is 11.3 Å². The topological polar surface area (TPSA) is 82.0 Å². The van der Waals surface area contributed by atoms with Gasteiger partial charge in [0, 0.05) is 61.7 Å². The number of rotatable bonds is 6. The van der Waals surface area contributed by atoms with Crippen molar-refractivity contribution in [1.82, 2.24) is 19.8 Å². The molecule has 0 fully saturated rings. The van der Waals surface area contributed by atoms with Crippen molar-refractivity contribution >= 4 is 29.2 Å². The molecule has 0 saturated heterocycles. The summed E-state index contributed by atoms with van der Waals surface area (Å²) in [6.07, 6.45) is 5.66. The molecule has 0 spiro atoms. The Balaban J connectivity index is 1.16. The molecule has 4 heterocycles. The van der Waals surface area contributed by atoms with Gasteiger partial charge in [-0.1, -0.05) is 42.1 Å². The number of carbonyl (C=O) groups excluding carboxylic acids is 1. The third kappa shape index (κ3) is 4.18. The fourth-order valence-electron chi connectivity index (χ4n) is 5.13. The lowest BCUT2D eigenvalue weighted by molar-refractivity contribution is 0.0210. The summed E-state index contributed by atoms with van der Waals surface area (Å²) in [7, 11) is 1.68. The maximum atomic E-state index is 12.9. The molecule has 3 aliphatic heterocycles. The number of aliphatic hydroxyl groups excluding tert-OH is 1. The zero-order valence-corrected chi connectivity index (χ0v) is 20.8. The zero-order valence-electron chi connectivity index (χ0n) is 20.0. The monoisotopic (exact) mass is 501 g/mol. The largest absolute Gasteiger partial charge is 0.369 e. The number of hydrogen-bond donors (Lipinski definition) is 1. The molecule has 1 aromatic heterocycles. The van der Waals surface area contributed by atoms with E-state index >= 15 is 0 Å². The molecule has 0 saturated carbocycles. The maximum absolute atomic E-state index is 12.9. The van der Waals surface area contributed by atoms with E-state index in [0.717, 1.165) is 53.1 Å². The molecule has 1 unspecified atom stereocenters. The van der Waals surface area contributed by atoms with E-state index in [1.807, 2.05) is 18.2 Å². The van der Waals surface area contributed by atoms with Gasteiger partial charge >= 0.3 is 0 Å². The van der Waals surface area contributed by atoms with Gasteiger partial charge in [0.25, 0.3) is 5.91 Å². The van der Waals surface area contributed by atoms with E-state index in [0.29, 0.717) is 24.4 Å². The minimum atomic E-state index is -0.888. The van der Waals surface area contributed by atoms with E-state index in [1.165, 1.54) is 5.56 Å². The quantitative estimate of drug-likeness (QED) is 0.509. The van der Waals surface area contributed by atoms with Crippen molar-refractivity contribution in [1.29, 1.82) is 0 Å². The Bertz CT molecular complexity index is 1350. The van der Waals surface area contributed by atoms with E-state index < -0.39 is 6.23 Å². The van der Waals surface area contributed by atoms with Crippen LogP contribution in [0.25, 0.3) is 0 Å². The summed E-state index contributed by atoms with van der Waals surface area (Å²) >= 11 is 1.63. The maximum Gasteiger partial charge on any atom is 0.256 e. The van der Waals surface area contributed by atoms with Crippen molar-refractivity contribution in [2.75, 3.05) is 38.4 Å². The normalized spacial score (nSPS) is 19.1. The molecule has 3 aromatic rings. The second-order valence-corrected chi connectivity index (χ2v) is 10.2. The molecule has 9 heteroatoms. The number of nitrogens with zero attached hydrogens (tertiary/aromatic N) is 5. The lowest BCUT2D eigenvalue weighted by Gasteiger charge is -2.32. The molecule has 1 N–H and O–H groups in total. The fourth-order valence-corrected chi connectivity index (χ4v) is 6.11. The molecule has 36 heavy (non-hydrogen) atoms. The molecule has 3 aliphatic rings. The molecule has 6 rings (SSSR count). The smallest absolute Gasteiger partial charge is 0.256 e. The number of ether oxygens (including phenoxy) is 1. The molecular weight excluding hydrogens is 474 g/mol. The Labute approximate surface area is 214 Å². The second kappa shape index (κ2) is 9.67. The van der Waals surface area contributed by atoms with Crippen molar-refractivity contribution in [3.8, 4) is 0 Å². The third-order valence-corrected chi connectivity index (χ3v) is 7.84. The fraction of sp³-hybridized carbons (Fsp3) is 0.296. The molecular formula is C27H27N5O3S. The predicted octanol–water partition coefficient (Wildman–Crippen LogP) is 3.96. The van der Waals surface area contributed by atoms with Crippen molar-refractivity contribution in [3.05, 3.63) is 83.2 Å². The summed E-state index contributed by atoms with van der Waals surface area (Å²) in [5, 5.41) is 11.6. The predicted molar refractivity (Wildman–Crippen MR) is 137 cm³/mol. The van der Waals surface area contributed by atoms with Crippen LogP contribution in [0.2, 0.25) is 0 Å². The molecule has 184 valence electrons. The molecule has 0 aliphatic carbocycles. The lowest BCUT2D eigenvalue weighted by atomic mass is 10.1. The number of amides is 1. The molecule has 0 radical (unpaired) electrons. The number of aliphatic hydroxyl groups is 1. The number of anilines is 2. The van der Waals surface area contributed by atoms with Gasteiger partial charge in [-0.25, -0.2) is 9.97 Å². The summed E-state index contributed by atoms with van der Waals surface area (Å²) in [5.74, 6) is 0.706. The van der Waals surface area contributed by atoms with Gasteiger partial charge in [0.2, 0.25) is 0 Å². The summed E-state index contributed by atoms with van der Waals surface area (Å²) in [4.78, 5) is 29.0. The Kier molecular flexibility index (Phi) is 6.22. The first-order valence-electron chi connectivity index (χ1n) is 12.0. The summed E-state index contributed by atoms with van der Waals surface area (Å²) in [6.45, 7) is 3.33.